The van der Waals surface area contributed by atoms with Crippen LogP contribution in [0.3, 0.4) is 0 Å². The highest BCUT2D eigenvalue weighted by atomic mass is 79.9. The summed E-state index contributed by atoms with van der Waals surface area (Å²) in [5.41, 5.74) is 0. The van der Waals surface area contributed by atoms with Crippen LogP contribution < -0.4 is 0 Å². The second kappa shape index (κ2) is 5.20. The highest BCUT2D eigenvalue weighted by Crippen LogP contribution is 2.24. The number of unbranched alkanes of at least 4 members (excludes halogenated alkanes) is 2. The summed E-state index contributed by atoms with van der Waals surface area (Å²) in [5, 5.41) is 1.10. The van der Waals surface area contributed by atoms with Crippen molar-refractivity contribution < 1.29 is 9.47 Å². The van der Waals surface area contributed by atoms with E-state index in [1.54, 1.807) is 0 Å². The maximum absolute atomic E-state index is 5.49. The molecule has 12 heavy (non-hydrogen) atoms. The fourth-order valence-corrected chi connectivity index (χ4v) is 1.82. The van der Waals surface area contributed by atoms with Crippen LogP contribution in [0.5, 0.6) is 0 Å². The molecule has 72 valence electrons. The number of alkyl halides is 1. The molecule has 1 fully saturated rings. The van der Waals surface area contributed by atoms with Gasteiger partial charge in [0.05, 0.1) is 13.2 Å². The van der Waals surface area contributed by atoms with Gasteiger partial charge in [-0.25, -0.2) is 0 Å². The summed E-state index contributed by atoms with van der Waals surface area (Å²) in [5.74, 6) is -0.272. The first-order chi connectivity index (χ1) is 5.77. The second-order valence-corrected chi connectivity index (χ2v) is 4.12. The molecule has 1 heterocycles. The SMILES string of the molecule is CC1(CCCCCBr)OCCO1. The van der Waals surface area contributed by atoms with Crippen LogP contribution in [-0.2, 0) is 9.47 Å². The van der Waals surface area contributed by atoms with Gasteiger partial charge in [0, 0.05) is 11.8 Å². The van der Waals surface area contributed by atoms with Gasteiger partial charge in [-0.2, -0.15) is 0 Å². The summed E-state index contributed by atoms with van der Waals surface area (Å²) < 4.78 is 11.0. The molecule has 0 aromatic heterocycles. The van der Waals surface area contributed by atoms with Gasteiger partial charge >= 0.3 is 0 Å². The molecule has 0 saturated carbocycles. The first-order valence-corrected chi connectivity index (χ1v) is 5.73. The van der Waals surface area contributed by atoms with E-state index in [0.29, 0.717) is 0 Å². The quantitative estimate of drug-likeness (QED) is 0.540. The van der Waals surface area contributed by atoms with Crippen LogP contribution in [0.1, 0.15) is 32.6 Å². The van der Waals surface area contributed by atoms with Crippen molar-refractivity contribution in [1.82, 2.24) is 0 Å². The molecular weight excluding hydrogens is 220 g/mol. The highest BCUT2D eigenvalue weighted by Gasteiger charge is 2.29. The van der Waals surface area contributed by atoms with Gasteiger partial charge in [0.25, 0.3) is 0 Å². The minimum absolute atomic E-state index is 0.272. The number of hydrogen-bond donors (Lipinski definition) is 0. The maximum Gasteiger partial charge on any atom is 0.165 e. The van der Waals surface area contributed by atoms with Crippen LogP contribution in [0.25, 0.3) is 0 Å². The average molecular weight is 237 g/mol. The van der Waals surface area contributed by atoms with Gasteiger partial charge in [-0.1, -0.05) is 22.4 Å². The van der Waals surface area contributed by atoms with Crippen molar-refractivity contribution in [2.75, 3.05) is 18.5 Å². The van der Waals surface area contributed by atoms with E-state index in [2.05, 4.69) is 15.9 Å². The van der Waals surface area contributed by atoms with Crippen molar-refractivity contribution in [2.45, 2.75) is 38.4 Å². The smallest absolute Gasteiger partial charge is 0.165 e. The van der Waals surface area contributed by atoms with Crippen molar-refractivity contribution in [3.8, 4) is 0 Å². The molecule has 1 rings (SSSR count). The lowest BCUT2D eigenvalue weighted by atomic mass is 10.1. The number of halogens is 1. The van der Waals surface area contributed by atoms with E-state index in [1.165, 1.54) is 19.3 Å². The summed E-state index contributed by atoms with van der Waals surface area (Å²) in [6, 6.07) is 0. The molecule has 0 bridgehead atoms. The summed E-state index contributed by atoms with van der Waals surface area (Å²) >= 11 is 3.41. The molecule has 0 spiro atoms. The fraction of sp³-hybridized carbons (Fsp3) is 1.00. The Balaban J connectivity index is 2.05. The Morgan fingerprint density at radius 2 is 1.83 bits per heavy atom. The molecule has 2 nitrogen and oxygen atoms in total. The monoisotopic (exact) mass is 236 g/mol. The van der Waals surface area contributed by atoms with Crippen LogP contribution in [0.2, 0.25) is 0 Å². The van der Waals surface area contributed by atoms with Crippen molar-refractivity contribution in [3.05, 3.63) is 0 Å². The first kappa shape index (κ1) is 10.5. The van der Waals surface area contributed by atoms with E-state index < -0.39 is 0 Å². The van der Waals surface area contributed by atoms with E-state index in [4.69, 9.17) is 9.47 Å². The maximum atomic E-state index is 5.49. The minimum Gasteiger partial charge on any atom is -0.348 e. The van der Waals surface area contributed by atoms with Gasteiger partial charge in [0.2, 0.25) is 0 Å². The number of hydrogen-bond acceptors (Lipinski definition) is 2. The summed E-state index contributed by atoms with van der Waals surface area (Å²) in [6.07, 6.45) is 4.73. The third-order valence-electron chi connectivity index (χ3n) is 2.16. The Hall–Kier alpha value is 0.400. The van der Waals surface area contributed by atoms with E-state index in [1.807, 2.05) is 6.92 Å². The predicted octanol–water partition coefficient (Wildman–Crippen LogP) is 2.70. The molecule has 1 aliphatic rings. The van der Waals surface area contributed by atoms with E-state index >= 15 is 0 Å². The average Bonchev–Trinajstić information content (AvgIpc) is 2.47. The number of ether oxygens (including phenoxy) is 2. The topological polar surface area (TPSA) is 18.5 Å². The molecule has 0 atom stereocenters. The lowest BCUT2D eigenvalue weighted by molar-refractivity contribution is -0.147. The molecule has 0 N–H and O–H groups in total. The van der Waals surface area contributed by atoms with E-state index in [9.17, 15) is 0 Å². The van der Waals surface area contributed by atoms with Gasteiger partial charge in [0.1, 0.15) is 0 Å². The standard InChI is InChI=1S/C9H17BrO2/c1-9(11-7-8-12-9)5-3-2-4-6-10/h2-8H2,1H3. The Morgan fingerprint density at radius 3 is 2.42 bits per heavy atom. The normalized spacial score (nSPS) is 21.5. The van der Waals surface area contributed by atoms with Gasteiger partial charge in [-0.3, -0.25) is 0 Å². The lowest BCUT2D eigenvalue weighted by Crippen LogP contribution is -2.24. The molecule has 0 aromatic rings. The van der Waals surface area contributed by atoms with Crippen LogP contribution in [0.15, 0.2) is 0 Å². The molecule has 0 aliphatic carbocycles. The highest BCUT2D eigenvalue weighted by molar-refractivity contribution is 9.09. The third-order valence-corrected chi connectivity index (χ3v) is 2.72. The van der Waals surface area contributed by atoms with Gasteiger partial charge in [-0.05, 0) is 19.8 Å². The van der Waals surface area contributed by atoms with Crippen LogP contribution in [0, 0.1) is 0 Å². The third kappa shape index (κ3) is 3.42. The zero-order valence-corrected chi connectivity index (χ0v) is 9.23. The Kier molecular flexibility index (Phi) is 4.54. The largest absolute Gasteiger partial charge is 0.348 e. The van der Waals surface area contributed by atoms with Gasteiger partial charge < -0.3 is 9.47 Å². The Labute approximate surface area is 82.7 Å². The lowest BCUT2D eigenvalue weighted by Gasteiger charge is -2.21. The Bertz CT molecular complexity index is 122. The van der Waals surface area contributed by atoms with E-state index in [-0.39, 0.29) is 5.79 Å². The van der Waals surface area contributed by atoms with Crippen molar-refractivity contribution >= 4 is 15.9 Å². The zero-order valence-electron chi connectivity index (χ0n) is 7.64. The molecule has 0 aromatic carbocycles. The van der Waals surface area contributed by atoms with Gasteiger partial charge in [-0.15, -0.1) is 0 Å². The minimum atomic E-state index is -0.272. The van der Waals surface area contributed by atoms with Crippen molar-refractivity contribution in [2.24, 2.45) is 0 Å². The zero-order chi connectivity index (χ0) is 8.86. The molecule has 0 unspecified atom stereocenters. The van der Waals surface area contributed by atoms with Crippen molar-refractivity contribution in [3.63, 3.8) is 0 Å². The van der Waals surface area contributed by atoms with Gasteiger partial charge in [0.15, 0.2) is 5.79 Å². The van der Waals surface area contributed by atoms with E-state index in [0.717, 1.165) is 25.0 Å². The molecule has 1 aliphatic heterocycles. The second-order valence-electron chi connectivity index (χ2n) is 3.33. The van der Waals surface area contributed by atoms with Crippen LogP contribution >= 0.6 is 15.9 Å². The van der Waals surface area contributed by atoms with Crippen molar-refractivity contribution in [1.29, 1.82) is 0 Å². The van der Waals surface area contributed by atoms with Crippen LogP contribution in [0.4, 0.5) is 0 Å². The molecule has 0 radical (unpaired) electrons. The van der Waals surface area contributed by atoms with Crippen LogP contribution in [-0.4, -0.2) is 24.3 Å². The summed E-state index contributed by atoms with van der Waals surface area (Å²) in [6.45, 7) is 3.55. The molecular formula is C9H17BrO2. The fourth-order valence-electron chi connectivity index (χ4n) is 1.42. The predicted molar refractivity (Wildman–Crippen MR) is 52.6 cm³/mol. The first-order valence-electron chi connectivity index (χ1n) is 4.61. The molecule has 1 saturated heterocycles. The molecule has 3 heteroatoms. The molecule has 0 amide bonds. The number of rotatable bonds is 5. The Morgan fingerprint density at radius 1 is 1.17 bits per heavy atom. The summed E-state index contributed by atoms with van der Waals surface area (Å²) in [7, 11) is 0. The summed E-state index contributed by atoms with van der Waals surface area (Å²) in [4.78, 5) is 0.